The molecule has 15 heteroatoms. The highest BCUT2D eigenvalue weighted by molar-refractivity contribution is 7.91. The zero-order valence-corrected chi connectivity index (χ0v) is 24.1. The number of halogens is 1. The second kappa shape index (κ2) is 11.8. The van der Waals surface area contributed by atoms with Crippen LogP contribution in [-0.4, -0.2) is 75.0 Å². The van der Waals surface area contributed by atoms with Gasteiger partial charge in [0.25, 0.3) is 0 Å². The summed E-state index contributed by atoms with van der Waals surface area (Å²) in [6, 6.07) is 12.6. The van der Waals surface area contributed by atoms with Crippen molar-refractivity contribution in [2.24, 2.45) is 0 Å². The highest BCUT2D eigenvalue weighted by Gasteiger charge is 2.29. The quantitative estimate of drug-likeness (QED) is 0.267. The summed E-state index contributed by atoms with van der Waals surface area (Å²) >= 11 is 0. The zero-order chi connectivity index (χ0) is 29.9. The molecule has 4 aromatic rings. The first-order chi connectivity index (χ1) is 19.4. The van der Waals surface area contributed by atoms with Crippen molar-refractivity contribution in [3.05, 3.63) is 71.8 Å². The van der Waals surface area contributed by atoms with Gasteiger partial charge in [0.05, 0.1) is 38.1 Å². The number of aliphatic hydroxyl groups excluding tert-OH is 1. The van der Waals surface area contributed by atoms with Crippen molar-refractivity contribution >= 4 is 19.7 Å². The molecule has 0 saturated carbocycles. The Morgan fingerprint density at radius 2 is 1.59 bits per heavy atom. The number of aliphatic hydroxyl groups is 1. The lowest BCUT2D eigenvalue weighted by Gasteiger charge is -2.18. The number of hydrogen-bond acceptors (Lipinski definition) is 11. The van der Waals surface area contributed by atoms with E-state index in [4.69, 9.17) is 14.2 Å². The second-order valence-electron chi connectivity index (χ2n) is 8.88. The third-order valence-corrected chi connectivity index (χ3v) is 8.69. The minimum absolute atomic E-state index is 0.0675. The first-order valence-corrected chi connectivity index (χ1v) is 15.6. The van der Waals surface area contributed by atoms with Crippen LogP contribution in [0.5, 0.6) is 17.4 Å². The maximum Gasteiger partial charge on any atom is 0.213 e. The molecule has 0 amide bonds. The van der Waals surface area contributed by atoms with Crippen LogP contribution in [0, 0.1) is 5.82 Å². The normalized spacial score (nSPS) is 12.6. The van der Waals surface area contributed by atoms with Gasteiger partial charge in [0, 0.05) is 17.9 Å². The molecule has 0 aliphatic carbocycles. The number of ether oxygens (including phenoxy) is 3. The van der Waals surface area contributed by atoms with E-state index in [9.17, 15) is 26.3 Å². The number of para-hydroxylation sites is 1. The predicted octanol–water partition coefficient (Wildman–Crippen LogP) is 2.55. The molecule has 1 atom stereocenters. The monoisotopic (exact) mass is 606 g/mol. The molecule has 12 nitrogen and oxygen atoms in total. The van der Waals surface area contributed by atoms with Crippen LogP contribution < -0.4 is 14.2 Å². The molecule has 2 aromatic carbocycles. The Morgan fingerprint density at radius 3 is 2.20 bits per heavy atom. The molecule has 0 saturated heterocycles. The second-order valence-corrected chi connectivity index (χ2v) is 13.0. The molecule has 1 N–H and O–H groups in total. The van der Waals surface area contributed by atoms with Gasteiger partial charge in [0.1, 0.15) is 34.5 Å². The smallest absolute Gasteiger partial charge is 0.213 e. The summed E-state index contributed by atoms with van der Waals surface area (Å²) in [5.41, 5.74) is 0.356. The van der Waals surface area contributed by atoms with Crippen molar-refractivity contribution < 1.29 is 40.5 Å². The summed E-state index contributed by atoms with van der Waals surface area (Å²) in [4.78, 5) is 3.89. The Kier molecular flexibility index (Phi) is 8.60. The van der Waals surface area contributed by atoms with Crippen LogP contribution in [0.4, 0.5) is 4.39 Å². The Bertz CT molecular complexity index is 1770. The SMILES string of the molecule is COc1cccc(-c2nnc(CS(=O)(=O)C[C@@H](O)c3ccc(F)cc3S(C)(=O)=O)n2-c2c(OC)cccc2OC)n1. The highest BCUT2D eigenvalue weighted by Crippen LogP contribution is 2.37. The first kappa shape index (κ1) is 29.9. The molecular formula is C26H27FN4O8S2. The predicted molar refractivity (Wildman–Crippen MR) is 146 cm³/mol. The summed E-state index contributed by atoms with van der Waals surface area (Å²) in [5, 5.41) is 19.1. The van der Waals surface area contributed by atoms with Gasteiger partial charge in [-0.05, 0) is 30.3 Å². The average molecular weight is 607 g/mol. The molecule has 41 heavy (non-hydrogen) atoms. The number of nitrogens with zero attached hydrogens (tertiary/aromatic N) is 4. The number of aromatic nitrogens is 4. The summed E-state index contributed by atoms with van der Waals surface area (Å²) in [7, 11) is -3.86. The number of rotatable bonds is 11. The fourth-order valence-corrected chi connectivity index (χ4v) is 6.52. The van der Waals surface area contributed by atoms with Crippen LogP contribution in [-0.2, 0) is 25.4 Å². The minimum Gasteiger partial charge on any atom is -0.494 e. The van der Waals surface area contributed by atoms with Crippen LogP contribution in [0.2, 0.25) is 0 Å². The maximum atomic E-state index is 13.8. The van der Waals surface area contributed by atoms with Crippen LogP contribution in [0.15, 0.2) is 59.5 Å². The van der Waals surface area contributed by atoms with E-state index in [2.05, 4.69) is 15.2 Å². The molecule has 0 aliphatic rings. The van der Waals surface area contributed by atoms with Gasteiger partial charge in [-0.25, -0.2) is 26.2 Å². The Labute approximate surface area is 236 Å². The molecule has 0 aliphatic heterocycles. The van der Waals surface area contributed by atoms with Crippen LogP contribution in [0.3, 0.4) is 0 Å². The Morgan fingerprint density at radius 1 is 0.927 bits per heavy atom. The summed E-state index contributed by atoms with van der Waals surface area (Å²) in [5.74, 6) is -1.46. The molecule has 0 unspecified atom stereocenters. The standard InChI is InChI=1S/C26H27FN4O8S2/c1-37-20-8-6-9-21(38-2)25(20)31-23(29-30-26(31)18-7-5-10-24(28-18)39-3)15-41(35,36)14-19(32)17-12-11-16(27)13-22(17)40(4,33)34/h5-13,19,32H,14-15H2,1-4H3/t19-/m1/s1. The van der Waals surface area contributed by atoms with Crippen LogP contribution in [0.1, 0.15) is 17.5 Å². The van der Waals surface area contributed by atoms with E-state index in [1.165, 1.54) is 25.9 Å². The van der Waals surface area contributed by atoms with Gasteiger partial charge in [0.15, 0.2) is 31.3 Å². The number of hydrogen-bond donors (Lipinski definition) is 1. The largest absolute Gasteiger partial charge is 0.494 e. The Hall–Kier alpha value is -4.08. The van der Waals surface area contributed by atoms with Gasteiger partial charge in [-0.3, -0.25) is 4.57 Å². The van der Waals surface area contributed by atoms with Crippen LogP contribution >= 0.6 is 0 Å². The highest BCUT2D eigenvalue weighted by atomic mass is 32.2. The fraction of sp³-hybridized carbons (Fsp3) is 0.269. The molecule has 0 fully saturated rings. The molecule has 0 radical (unpaired) electrons. The zero-order valence-electron chi connectivity index (χ0n) is 22.5. The van der Waals surface area contributed by atoms with Gasteiger partial charge >= 0.3 is 0 Å². The topological polar surface area (TPSA) is 160 Å². The van der Waals surface area contributed by atoms with Crippen molar-refractivity contribution in [3.63, 3.8) is 0 Å². The van der Waals surface area contributed by atoms with Gasteiger partial charge in [-0.2, -0.15) is 0 Å². The van der Waals surface area contributed by atoms with Gasteiger partial charge in [-0.15, -0.1) is 10.2 Å². The van der Waals surface area contributed by atoms with E-state index in [1.807, 2.05) is 0 Å². The third kappa shape index (κ3) is 6.47. The summed E-state index contributed by atoms with van der Waals surface area (Å²) in [6.07, 6.45) is -0.939. The molecular weight excluding hydrogens is 579 g/mol. The maximum absolute atomic E-state index is 13.8. The van der Waals surface area contributed by atoms with Crippen LogP contribution in [0.25, 0.3) is 17.2 Å². The first-order valence-electron chi connectivity index (χ1n) is 11.9. The van der Waals surface area contributed by atoms with Gasteiger partial charge in [0.2, 0.25) is 5.88 Å². The fourth-order valence-electron chi connectivity index (χ4n) is 4.21. The summed E-state index contributed by atoms with van der Waals surface area (Å²) < 4.78 is 82.6. The van der Waals surface area contributed by atoms with E-state index < -0.39 is 48.0 Å². The van der Waals surface area contributed by atoms with Gasteiger partial charge < -0.3 is 19.3 Å². The molecule has 4 rings (SSSR count). The van der Waals surface area contributed by atoms with E-state index in [0.717, 1.165) is 24.5 Å². The molecule has 2 aromatic heterocycles. The molecule has 0 spiro atoms. The lowest BCUT2D eigenvalue weighted by Crippen LogP contribution is -2.20. The van der Waals surface area contributed by atoms with Crippen molar-refractivity contribution in [1.82, 2.24) is 19.7 Å². The third-order valence-electron chi connectivity index (χ3n) is 6.01. The van der Waals surface area contributed by atoms with E-state index in [0.29, 0.717) is 22.9 Å². The van der Waals surface area contributed by atoms with Crippen molar-refractivity contribution in [1.29, 1.82) is 0 Å². The van der Waals surface area contributed by atoms with Crippen molar-refractivity contribution in [2.45, 2.75) is 16.8 Å². The van der Waals surface area contributed by atoms with E-state index in [1.54, 1.807) is 36.4 Å². The van der Waals surface area contributed by atoms with E-state index >= 15 is 0 Å². The number of sulfone groups is 2. The number of benzene rings is 2. The molecule has 218 valence electrons. The lowest BCUT2D eigenvalue weighted by atomic mass is 10.1. The lowest BCUT2D eigenvalue weighted by molar-refractivity contribution is 0.198. The molecule has 2 heterocycles. The number of pyridine rings is 1. The van der Waals surface area contributed by atoms with E-state index in [-0.39, 0.29) is 23.1 Å². The summed E-state index contributed by atoms with van der Waals surface area (Å²) in [6.45, 7) is 0. The van der Waals surface area contributed by atoms with Crippen molar-refractivity contribution in [3.8, 4) is 34.6 Å². The molecule has 0 bridgehead atoms. The average Bonchev–Trinajstić information content (AvgIpc) is 3.33. The van der Waals surface area contributed by atoms with Gasteiger partial charge in [-0.1, -0.05) is 18.2 Å². The Balaban J connectivity index is 1.82. The minimum atomic E-state index is -4.19. The van der Waals surface area contributed by atoms with Crippen molar-refractivity contribution in [2.75, 3.05) is 33.3 Å². The number of methoxy groups -OCH3 is 3.